The Hall–Kier alpha value is -2.81. The van der Waals surface area contributed by atoms with Crippen LogP contribution in [0.2, 0.25) is 0 Å². The zero-order valence-electron chi connectivity index (χ0n) is 20.4. The van der Waals surface area contributed by atoms with Crippen molar-refractivity contribution >= 4 is 27.5 Å². The number of sulfone groups is 1. The first-order valence-corrected chi connectivity index (χ1v) is 14.5. The summed E-state index contributed by atoms with van der Waals surface area (Å²) in [6.07, 6.45) is 2.89. The summed E-state index contributed by atoms with van der Waals surface area (Å²) in [5, 5.41) is 8.51. The highest BCUT2D eigenvalue weighted by molar-refractivity contribution is 7.99. The third kappa shape index (κ3) is 7.85. The average molecular weight is 528 g/mol. The number of amides is 1. The molecule has 0 aliphatic rings. The van der Waals surface area contributed by atoms with Crippen molar-refractivity contribution in [3.05, 3.63) is 90.5 Å². The summed E-state index contributed by atoms with van der Waals surface area (Å²) >= 11 is 1.56. The van der Waals surface area contributed by atoms with E-state index in [1.165, 1.54) is 24.8 Å². The second kappa shape index (κ2) is 14.1. The van der Waals surface area contributed by atoms with Gasteiger partial charge in [-0.05, 0) is 73.4 Å². The van der Waals surface area contributed by atoms with E-state index in [-0.39, 0.29) is 4.90 Å². The minimum Gasteiger partial charge on any atom is -0.497 e. The van der Waals surface area contributed by atoms with Crippen LogP contribution in [0.15, 0.2) is 94.7 Å². The fourth-order valence-corrected chi connectivity index (χ4v) is 7.21. The SMILES string of the molecule is COc1ccc(S(=O)(=O)[C@H](CCCCc2ccccc2)[C@H](CCSc2ccccc2)C(=O)NO)cc1. The number of ether oxygens (including phenoxy) is 1. The van der Waals surface area contributed by atoms with Crippen LogP contribution in [-0.4, -0.2) is 37.6 Å². The zero-order valence-corrected chi connectivity index (χ0v) is 22.0. The third-order valence-electron chi connectivity index (χ3n) is 6.17. The number of hydroxylamine groups is 1. The van der Waals surface area contributed by atoms with Crippen molar-refractivity contribution in [2.24, 2.45) is 5.92 Å². The van der Waals surface area contributed by atoms with Crippen molar-refractivity contribution in [1.29, 1.82) is 0 Å². The van der Waals surface area contributed by atoms with Crippen LogP contribution >= 0.6 is 11.8 Å². The standard InChI is InChI=1S/C28H33NO5S2/c1-34-23-16-18-25(19-17-23)36(32,33)27(15-9-8-12-22-10-4-2-5-11-22)26(28(30)29-31)20-21-35-24-13-6-3-7-14-24/h2-7,10-11,13-14,16-19,26-27,31H,8-9,12,15,20-21H2,1H3,(H,29,30)/t26-,27+/m0/s1. The molecule has 36 heavy (non-hydrogen) atoms. The molecule has 3 aromatic rings. The highest BCUT2D eigenvalue weighted by atomic mass is 32.2. The van der Waals surface area contributed by atoms with Gasteiger partial charge in [0.1, 0.15) is 5.75 Å². The van der Waals surface area contributed by atoms with Crippen LogP contribution in [0.1, 0.15) is 31.2 Å². The van der Waals surface area contributed by atoms with Crippen LogP contribution in [-0.2, 0) is 21.1 Å². The molecule has 0 aliphatic carbocycles. The summed E-state index contributed by atoms with van der Waals surface area (Å²) in [4.78, 5) is 14.0. The van der Waals surface area contributed by atoms with E-state index in [2.05, 4.69) is 0 Å². The van der Waals surface area contributed by atoms with E-state index < -0.39 is 26.9 Å². The van der Waals surface area contributed by atoms with Crippen molar-refractivity contribution in [2.75, 3.05) is 12.9 Å². The number of unbranched alkanes of at least 4 members (excludes halogenated alkanes) is 1. The maximum Gasteiger partial charge on any atom is 0.247 e. The molecule has 0 aromatic heterocycles. The molecule has 2 atom stereocenters. The number of carbonyl (C=O) groups excluding carboxylic acids is 1. The number of thioether (sulfide) groups is 1. The van der Waals surface area contributed by atoms with E-state index in [1.807, 2.05) is 60.7 Å². The highest BCUT2D eigenvalue weighted by Crippen LogP contribution is 2.31. The molecular formula is C28H33NO5S2. The molecule has 6 nitrogen and oxygen atoms in total. The van der Waals surface area contributed by atoms with E-state index >= 15 is 0 Å². The van der Waals surface area contributed by atoms with Crippen LogP contribution < -0.4 is 10.2 Å². The van der Waals surface area contributed by atoms with Gasteiger partial charge in [-0.3, -0.25) is 10.0 Å². The number of benzene rings is 3. The Kier molecular flexibility index (Phi) is 10.8. The Balaban J connectivity index is 1.80. The van der Waals surface area contributed by atoms with Gasteiger partial charge in [0, 0.05) is 4.90 Å². The van der Waals surface area contributed by atoms with Gasteiger partial charge in [0.15, 0.2) is 9.84 Å². The average Bonchev–Trinajstić information content (AvgIpc) is 2.92. The Labute approximate surface area is 218 Å². The van der Waals surface area contributed by atoms with Gasteiger partial charge in [0.2, 0.25) is 5.91 Å². The molecule has 0 fully saturated rings. The second-order valence-electron chi connectivity index (χ2n) is 8.52. The number of rotatable bonds is 14. The monoisotopic (exact) mass is 527 g/mol. The van der Waals surface area contributed by atoms with Crippen molar-refractivity contribution in [1.82, 2.24) is 5.48 Å². The predicted octanol–water partition coefficient (Wildman–Crippen LogP) is 5.55. The molecule has 0 saturated carbocycles. The molecule has 2 N–H and O–H groups in total. The van der Waals surface area contributed by atoms with Crippen molar-refractivity contribution in [3.63, 3.8) is 0 Å². The fourth-order valence-electron chi connectivity index (χ4n) is 4.22. The van der Waals surface area contributed by atoms with Gasteiger partial charge >= 0.3 is 0 Å². The molecule has 192 valence electrons. The predicted molar refractivity (Wildman–Crippen MR) is 143 cm³/mol. The second-order valence-corrected chi connectivity index (χ2v) is 11.9. The van der Waals surface area contributed by atoms with Gasteiger partial charge in [0.25, 0.3) is 0 Å². The van der Waals surface area contributed by atoms with Gasteiger partial charge in [-0.2, -0.15) is 0 Å². The fraction of sp³-hybridized carbons (Fsp3) is 0.321. The lowest BCUT2D eigenvalue weighted by Crippen LogP contribution is -2.40. The lowest BCUT2D eigenvalue weighted by Gasteiger charge is -2.26. The molecule has 3 rings (SSSR count). The summed E-state index contributed by atoms with van der Waals surface area (Å²) < 4.78 is 32.7. The Morgan fingerprint density at radius 1 is 0.917 bits per heavy atom. The van der Waals surface area contributed by atoms with Crippen LogP contribution in [0, 0.1) is 5.92 Å². The van der Waals surface area contributed by atoms with Gasteiger partial charge in [-0.15, -0.1) is 11.8 Å². The minimum atomic E-state index is -3.86. The topological polar surface area (TPSA) is 92.7 Å². The van der Waals surface area contributed by atoms with E-state index in [4.69, 9.17) is 4.74 Å². The lowest BCUT2D eigenvalue weighted by molar-refractivity contribution is -0.133. The minimum absolute atomic E-state index is 0.141. The first-order chi connectivity index (χ1) is 17.5. The van der Waals surface area contributed by atoms with Crippen molar-refractivity contribution < 1.29 is 23.2 Å². The molecule has 0 aliphatic heterocycles. The number of aryl methyl sites for hydroxylation is 1. The van der Waals surface area contributed by atoms with E-state index in [1.54, 1.807) is 29.4 Å². The molecular weight excluding hydrogens is 494 g/mol. The molecule has 0 heterocycles. The van der Waals surface area contributed by atoms with Crippen molar-refractivity contribution in [2.45, 2.75) is 47.1 Å². The molecule has 1 amide bonds. The summed E-state index contributed by atoms with van der Waals surface area (Å²) in [6, 6.07) is 26.0. The van der Waals surface area contributed by atoms with Crippen LogP contribution in [0.5, 0.6) is 5.75 Å². The Morgan fingerprint density at radius 3 is 2.17 bits per heavy atom. The van der Waals surface area contributed by atoms with Crippen LogP contribution in [0.4, 0.5) is 0 Å². The molecule has 3 aromatic carbocycles. The summed E-state index contributed by atoms with van der Waals surface area (Å²) in [7, 11) is -2.34. The van der Waals surface area contributed by atoms with E-state index in [0.717, 1.165) is 17.7 Å². The summed E-state index contributed by atoms with van der Waals surface area (Å²) in [6.45, 7) is 0. The first kappa shape index (κ1) is 27.8. The largest absolute Gasteiger partial charge is 0.497 e. The maximum absolute atomic E-state index is 13.8. The zero-order chi connectivity index (χ0) is 25.8. The van der Waals surface area contributed by atoms with Gasteiger partial charge in [0.05, 0.1) is 23.2 Å². The number of carbonyl (C=O) groups is 1. The van der Waals surface area contributed by atoms with Crippen molar-refractivity contribution in [3.8, 4) is 5.75 Å². The molecule has 0 spiro atoms. The van der Waals surface area contributed by atoms with Gasteiger partial charge in [-0.25, -0.2) is 13.9 Å². The third-order valence-corrected chi connectivity index (χ3v) is 9.51. The Bertz CT molecular complexity index is 1170. The number of nitrogens with one attached hydrogen (secondary N) is 1. The normalized spacial score (nSPS) is 13.1. The molecule has 0 radical (unpaired) electrons. The molecule has 0 saturated heterocycles. The van der Waals surface area contributed by atoms with E-state index in [9.17, 15) is 18.4 Å². The quantitative estimate of drug-likeness (QED) is 0.124. The number of hydrogen-bond donors (Lipinski definition) is 2. The number of methoxy groups -OCH3 is 1. The first-order valence-electron chi connectivity index (χ1n) is 12.0. The summed E-state index contributed by atoms with van der Waals surface area (Å²) in [5.41, 5.74) is 2.91. The summed E-state index contributed by atoms with van der Waals surface area (Å²) in [5.74, 6) is -0.470. The highest BCUT2D eigenvalue weighted by Gasteiger charge is 2.38. The van der Waals surface area contributed by atoms with E-state index in [0.29, 0.717) is 30.8 Å². The van der Waals surface area contributed by atoms with Crippen LogP contribution in [0.3, 0.4) is 0 Å². The molecule has 0 bridgehead atoms. The lowest BCUT2D eigenvalue weighted by atomic mass is 9.96. The van der Waals surface area contributed by atoms with Crippen LogP contribution in [0.25, 0.3) is 0 Å². The van der Waals surface area contributed by atoms with Gasteiger partial charge in [-0.1, -0.05) is 55.0 Å². The smallest absolute Gasteiger partial charge is 0.247 e. The molecule has 0 unspecified atom stereocenters. The van der Waals surface area contributed by atoms with Gasteiger partial charge < -0.3 is 4.74 Å². The molecule has 8 heteroatoms. The number of hydrogen-bond acceptors (Lipinski definition) is 6. The Morgan fingerprint density at radius 2 is 1.56 bits per heavy atom. The maximum atomic E-state index is 13.8.